The molecule has 0 N–H and O–H groups in total. The second-order valence-corrected chi connectivity index (χ2v) is 4.39. The molecule has 0 saturated carbocycles. The van der Waals surface area contributed by atoms with Gasteiger partial charge >= 0.3 is 11.9 Å². The fourth-order valence-corrected chi connectivity index (χ4v) is 1.34. The molecule has 0 radical (unpaired) electrons. The van der Waals surface area contributed by atoms with Crippen LogP contribution in [0.3, 0.4) is 0 Å². The van der Waals surface area contributed by atoms with Crippen LogP contribution in [-0.4, -0.2) is 18.0 Å². The number of hydrogen-bond donors (Lipinski definition) is 0. The van der Waals surface area contributed by atoms with Crippen LogP contribution in [0.5, 0.6) is 0 Å². The Kier molecular flexibility index (Phi) is 5.79. The van der Waals surface area contributed by atoms with E-state index in [2.05, 4.69) is 0 Å². The Labute approximate surface area is 113 Å². The van der Waals surface area contributed by atoms with Crippen LogP contribution < -0.4 is 0 Å². The van der Waals surface area contributed by atoms with Gasteiger partial charge in [0.05, 0.1) is 0 Å². The Morgan fingerprint density at radius 3 is 2.42 bits per heavy atom. The molecule has 0 aromatic heterocycles. The largest absolute Gasteiger partial charge is 0.458 e. The Bertz CT molecular complexity index is 458. The molecule has 0 saturated heterocycles. The first-order valence-electron chi connectivity index (χ1n) is 6.05. The summed E-state index contributed by atoms with van der Waals surface area (Å²) < 4.78 is 9.98. The molecular weight excluding hydrogens is 244 g/mol. The lowest BCUT2D eigenvalue weighted by molar-refractivity contribution is -0.164. The summed E-state index contributed by atoms with van der Waals surface area (Å²) >= 11 is 0. The number of benzene rings is 1. The van der Waals surface area contributed by atoms with Crippen LogP contribution >= 0.6 is 0 Å². The van der Waals surface area contributed by atoms with Crippen LogP contribution in [0.2, 0.25) is 0 Å². The molecule has 102 valence electrons. The molecule has 0 heterocycles. The monoisotopic (exact) mass is 262 g/mol. The van der Waals surface area contributed by atoms with Gasteiger partial charge in [0.2, 0.25) is 0 Å². The van der Waals surface area contributed by atoms with Crippen LogP contribution in [0.25, 0.3) is 0 Å². The van der Waals surface area contributed by atoms with Gasteiger partial charge in [0.1, 0.15) is 6.61 Å². The van der Waals surface area contributed by atoms with E-state index >= 15 is 0 Å². The van der Waals surface area contributed by atoms with Crippen molar-refractivity contribution >= 4 is 11.9 Å². The summed E-state index contributed by atoms with van der Waals surface area (Å²) in [6.45, 7) is 5.22. The van der Waals surface area contributed by atoms with E-state index in [9.17, 15) is 9.59 Å². The molecule has 1 unspecified atom stereocenters. The lowest BCUT2D eigenvalue weighted by Gasteiger charge is -2.11. The Hall–Kier alpha value is -2.10. The molecule has 19 heavy (non-hydrogen) atoms. The maximum atomic E-state index is 11.6. The summed E-state index contributed by atoms with van der Waals surface area (Å²) in [5.74, 6) is -1.09. The number of rotatable bonds is 5. The van der Waals surface area contributed by atoms with Crippen molar-refractivity contribution in [2.75, 3.05) is 0 Å². The molecule has 0 fully saturated rings. The molecule has 0 spiro atoms. The first kappa shape index (κ1) is 15.0. The summed E-state index contributed by atoms with van der Waals surface area (Å²) in [7, 11) is 0. The molecular formula is C15H18O4. The normalized spacial score (nSPS) is 11.3. The van der Waals surface area contributed by atoms with E-state index in [-0.39, 0.29) is 6.61 Å². The molecule has 1 rings (SSSR count). The van der Waals surface area contributed by atoms with E-state index in [1.807, 2.05) is 30.3 Å². The van der Waals surface area contributed by atoms with Crippen LogP contribution in [-0.2, 0) is 25.7 Å². The van der Waals surface area contributed by atoms with Gasteiger partial charge in [-0.25, -0.2) is 9.59 Å². The number of ether oxygens (including phenoxy) is 2. The van der Waals surface area contributed by atoms with Gasteiger partial charge in [-0.1, -0.05) is 35.9 Å². The highest BCUT2D eigenvalue weighted by molar-refractivity contribution is 5.85. The predicted octanol–water partition coefficient (Wildman–Crippen LogP) is 2.63. The number of carbonyl (C=O) groups excluding carboxylic acids is 2. The van der Waals surface area contributed by atoms with Crippen molar-refractivity contribution in [2.24, 2.45) is 0 Å². The average Bonchev–Trinajstić information content (AvgIpc) is 2.36. The molecule has 0 aliphatic rings. The van der Waals surface area contributed by atoms with E-state index < -0.39 is 18.0 Å². The predicted molar refractivity (Wildman–Crippen MR) is 71.2 cm³/mol. The quantitative estimate of drug-likeness (QED) is 0.604. The van der Waals surface area contributed by atoms with Crippen LogP contribution in [0, 0.1) is 0 Å². The number of hydrogen-bond acceptors (Lipinski definition) is 4. The van der Waals surface area contributed by atoms with Crippen molar-refractivity contribution in [2.45, 2.75) is 33.5 Å². The third-order valence-corrected chi connectivity index (χ3v) is 2.26. The first-order valence-corrected chi connectivity index (χ1v) is 6.05. The van der Waals surface area contributed by atoms with Crippen LogP contribution in [0.4, 0.5) is 0 Å². The molecule has 1 aromatic rings. The smallest absolute Gasteiger partial charge is 0.347 e. The van der Waals surface area contributed by atoms with Gasteiger partial charge in [-0.2, -0.15) is 0 Å². The standard InChI is InChI=1S/C15H18O4/c1-11(2)9-14(16)19-12(3)15(17)18-10-13-7-5-4-6-8-13/h4-9,12H,10H2,1-3H3. The Morgan fingerprint density at radius 2 is 1.84 bits per heavy atom. The zero-order valence-electron chi connectivity index (χ0n) is 11.4. The van der Waals surface area contributed by atoms with Gasteiger partial charge in [0.25, 0.3) is 0 Å². The molecule has 0 aliphatic heterocycles. The van der Waals surface area contributed by atoms with Crippen molar-refractivity contribution in [3.8, 4) is 0 Å². The van der Waals surface area contributed by atoms with Gasteiger partial charge in [-0.3, -0.25) is 0 Å². The van der Waals surface area contributed by atoms with Gasteiger partial charge in [0.15, 0.2) is 6.10 Å². The highest BCUT2D eigenvalue weighted by Gasteiger charge is 2.18. The summed E-state index contributed by atoms with van der Waals surface area (Å²) in [4.78, 5) is 23.0. The molecule has 1 atom stereocenters. The summed E-state index contributed by atoms with van der Waals surface area (Å²) in [5, 5.41) is 0. The van der Waals surface area contributed by atoms with Crippen molar-refractivity contribution in [3.05, 3.63) is 47.5 Å². The molecule has 0 amide bonds. The maximum absolute atomic E-state index is 11.6. The highest BCUT2D eigenvalue weighted by Crippen LogP contribution is 2.04. The van der Waals surface area contributed by atoms with Gasteiger partial charge in [0, 0.05) is 6.08 Å². The van der Waals surface area contributed by atoms with Gasteiger partial charge in [-0.05, 0) is 26.3 Å². The third kappa shape index (κ3) is 5.86. The summed E-state index contributed by atoms with van der Waals surface area (Å²) in [6, 6.07) is 9.32. The van der Waals surface area contributed by atoms with Crippen molar-refractivity contribution in [3.63, 3.8) is 0 Å². The molecule has 0 bridgehead atoms. The SMILES string of the molecule is CC(C)=CC(=O)OC(C)C(=O)OCc1ccccc1. The number of esters is 2. The fourth-order valence-electron chi connectivity index (χ4n) is 1.34. The topological polar surface area (TPSA) is 52.6 Å². The van der Waals surface area contributed by atoms with E-state index in [0.717, 1.165) is 11.1 Å². The lowest BCUT2D eigenvalue weighted by Crippen LogP contribution is -2.25. The van der Waals surface area contributed by atoms with E-state index in [4.69, 9.17) is 9.47 Å². The minimum absolute atomic E-state index is 0.171. The zero-order chi connectivity index (χ0) is 14.3. The van der Waals surface area contributed by atoms with Crippen LogP contribution in [0.15, 0.2) is 42.0 Å². The van der Waals surface area contributed by atoms with Crippen molar-refractivity contribution in [1.29, 1.82) is 0 Å². The second kappa shape index (κ2) is 7.36. The first-order chi connectivity index (χ1) is 8.99. The van der Waals surface area contributed by atoms with Crippen molar-refractivity contribution in [1.82, 2.24) is 0 Å². The second-order valence-electron chi connectivity index (χ2n) is 4.39. The highest BCUT2D eigenvalue weighted by atomic mass is 16.6. The number of carbonyl (C=O) groups is 2. The fraction of sp³-hybridized carbons (Fsp3) is 0.333. The average molecular weight is 262 g/mol. The van der Waals surface area contributed by atoms with Gasteiger partial charge in [-0.15, -0.1) is 0 Å². The third-order valence-electron chi connectivity index (χ3n) is 2.26. The molecule has 0 aliphatic carbocycles. The minimum Gasteiger partial charge on any atom is -0.458 e. The molecule has 1 aromatic carbocycles. The zero-order valence-corrected chi connectivity index (χ0v) is 11.4. The Morgan fingerprint density at radius 1 is 1.21 bits per heavy atom. The number of allylic oxidation sites excluding steroid dienone is 1. The molecule has 4 heteroatoms. The van der Waals surface area contributed by atoms with E-state index in [1.54, 1.807) is 13.8 Å². The van der Waals surface area contributed by atoms with Crippen LogP contribution in [0.1, 0.15) is 26.3 Å². The van der Waals surface area contributed by atoms with E-state index in [1.165, 1.54) is 13.0 Å². The lowest BCUT2D eigenvalue weighted by atomic mass is 10.2. The maximum Gasteiger partial charge on any atom is 0.347 e. The minimum atomic E-state index is -0.910. The van der Waals surface area contributed by atoms with Gasteiger partial charge < -0.3 is 9.47 Å². The Balaban J connectivity index is 2.41. The summed E-state index contributed by atoms with van der Waals surface area (Å²) in [6.07, 6.45) is 0.424. The molecule has 4 nitrogen and oxygen atoms in total. The van der Waals surface area contributed by atoms with Crippen molar-refractivity contribution < 1.29 is 19.1 Å². The summed E-state index contributed by atoms with van der Waals surface area (Å²) in [5.41, 5.74) is 1.70. The van der Waals surface area contributed by atoms with E-state index in [0.29, 0.717) is 0 Å².